The first kappa shape index (κ1) is 24.4. The number of halogens is 4. The molecule has 1 aromatic carbocycles. The fraction of sp³-hybridized carbons (Fsp3) is 0.318. The Morgan fingerprint density at radius 3 is 2.66 bits per heavy atom. The highest BCUT2D eigenvalue weighted by Crippen LogP contribution is 2.33. The van der Waals surface area contributed by atoms with E-state index in [1.165, 1.54) is 12.1 Å². The quantitative estimate of drug-likeness (QED) is 0.485. The van der Waals surface area contributed by atoms with Gasteiger partial charge < -0.3 is 9.64 Å². The summed E-state index contributed by atoms with van der Waals surface area (Å²) in [6.07, 6.45) is -1.35. The number of aromatic nitrogens is 4. The summed E-state index contributed by atoms with van der Waals surface area (Å²) in [6.45, 7) is 2.48. The van der Waals surface area contributed by atoms with Crippen LogP contribution in [0.15, 0.2) is 40.2 Å². The molecule has 0 aliphatic carbocycles. The molecule has 0 bridgehead atoms. The van der Waals surface area contributed by atoms with Gasteiger partial charge in [-0.2, -0.15) is 5.26 Å². The first-order chi connectivity index (χ1) is 16.8. The molecule has 3 aromatic rings. The van der Waals surface area contributed by atoms with E-state index in [0.717, 1.165) is 23.0 Å². The highest BCUT2D eigenvalue weighted by atomic mass is 35.5. The predicted octanol–water partition coefficient (Wildman–Crippen LogP) is 2.93. The number of rotatable bonds is 7. The Bertz CT molecular complexity index is 1430. The van der Waals surface area contributed by atoms with Crippen LogP contribution in [0.5, 0.6) is 0 Å². The first-order valence-corrected chi connectivity index (χ1v) is 10.8. The molecule has 1 aliphatic heterocycles. The van der Waals surface area contributed by atoms with E-state index >= 15 is 0 Å². The number of ether oxygens (including phenoxy) is 1. The zero-order chi connectivity index (χ0) is 25.3. The van der Waals surface area contributed by atoms with Crippen molar-refractivity contribution < 1.29 is 17.9 Å². The topological polar surface area (TPSA) is 106 Å². The van der Waals surface area contributed by atoms with Gasteiger partial charge in [0.2, 0.25) is 0 Å². The van der Waals surface area contributed by atoms with Crippen molar-refractivity contribution in [3.63, 3.8) is 0 Å². The van der Waals surface area contributed by atoms with E-state index in [9.17, 15) is 28.0 Å². The number of hydrogen-bond acceptors (Lipinski definition) is 7. The fourth-order valence-electron chi connectivity index (χ4n) is 3.82. The van der Waals surface area contributed by atoms with Gasteiger partial charge in [-0.1, -0.05) is 17.7 Å². The highest BCUT2D eigenvalue weighted by Gasteiger charge is 2.34. The molecule has 0 radical (unpaired) electrons. The highest BCUT2D eigenvalue weighted by molar-refractivity contribution is 6.31. The standard InChI is InChI=1S/C22H18ClF3N6O3/c1-2-35-13-10-30(11-13)20-18(12-3-4-15(24)14(23)7-12)21(33)32(22(34)31(20)6-5-27)17-9-28-8-16(29-17)19(25)26/h3-4,7-9,13,19H,2,6,10-11H2,1H3. The van der Waals surface area contributed by atoms with Gasteiger partial charge in [-0.05, 0) is 24.6 Å². The fourth-order valence-corrected chi connectivity index (χ4v) is 4.00. The van der Waals surface area contributed by atoms with Gasteiger partial charge in [0, 0.05) is 19.7 Å². The lowest BCUT2D eigenvalue weighted by Gasteiger charge is -2.42. The van der Waals surface area contributed by atoms with Crippen LogP contribution in [0.3, 0.4) is 0 Å². The van der Waals surface area contributed by atoms with Crippen molar-refractivity contribution in [2.75, 3.05) is 24.6 Å². The molecule has 1 saturated heterocycles. The maximum absolute atomic E-state index is 13.9. The summed E-state index contributed by atoms with van der Waals surface area (Å²) >= 11 is 5.96. The number of alkyl halides is 2. The van der Waals surface area contributed by atoms with Crippen molar-refractivity contribution in [3.8, 4) is 23.0 Å². The summed E-state index contributed by atoms with van der Waals surface area (Å²) in [5.74, 6) is -1.06. The van der Waals surface area contributed by atoms with E-state index in [1.54, 1.807) is 4.90 Å². The van der Waals surface area contributed by atoms with Gasteiger partial charge in [0.25, 0.3) is 12.0 Å². The van der Waals surface area contributed by atoms with Crippen LogP contribution in [-0.4, -0.2) is 44.9 Å². The molecule has 13 heteroatoms. The average molecular weight is 507 g/mol. The Morgan fingerprint density at radius 2 is 2.03 bits per heavy atom. The van der Waals surface area contributed by atoms with Crippen LogP contribution in [0.4, 0.5) is 19.0 Å². The van der Waals surface area contributed by atoms with Crippen LogP contribution in [-0.2, 0) is 11.3 Å². The molecular weight excluding hydrogens is 489 g/mol. The third-order valence-electron chi connectivity index (χ3n) is 5.40. The zero-order valence-electron chi connectivity index (χ0n) is 18.3. The van der Waals surface area contributed by atoms with Crippen molar-refractivity contribution in [2.24, 2.45) is 0 Å². The molecule has 0 amide bonds. The largest absolute Gasteiger partial charge is 0.375 e. The minimum atomic E-state index is -2.99. The van der Waals surface area contributed by atoms with Crippen molar-refractivity contribution >= 4 is 17.4 Å². The summed E-state index contributed by atoms with van der Waals surface area (Å²) in [5, 5.41) is 9.16. The molecule has 35 heavy (non-hydrogen) atoms. The molecule has 1 aliphatic rings. The molecule has 4 rings (SSSR count). The second-order valence-electron chi connectivity index (χ2n) is 7.58. The third-order valence-corrected chi connectivity index (χ3v) is 5.69. The second kappa shape index (κ2) is 9.89. The molecule has 0 unspecified atom stereocenters. The van der Waals surface area contributed by atoms with Crippen LogP contribution in [0, 0.1) is 17.1 Å². The predicted molar refractivity (Wildman–Crippen MR) is 120 cm³/mol. The van der Waals surface area contributed by atoms with Gasteiger partial charge in [-0.25, -0.2) is 27.5 Å². The minimum Gasteiger partial charge on any atom is -0.375 e. The van der Waals surface area contributed by atoms with Gasteiger partial charge in [-0.15, -0.1) is 0 Å². The lowest BCUT2D eigenvalue weighted by molar-refractivity contribution is 0.0424. The Morgan fingerprint density at radius 1 is 1.29 bits per heavy atom. The molecule has 0 N–H and O–H groups in total. The lowest BCUT2D eigenvalue weighted by atomic mass is 10.0. The van der Waals surface area contributed by atoms with Crippen LogP contribution in [0.2, 0.25) is 5.02 Å². The van der Waals surface area contributed by atoms with Crippen molar-refractivity contribution in [3.05, 3.63) is 68.0 Å². The summed E-state index contributed by atoms with van der Waals surface area (Å²) in [4.78, 5) is 36.2. The van der Waals surface area contributed by atoms with E-state index in [1.807, 2.05) is 13.0 Å². The Balaban J connectivity index is 2.04. The van der Waals surface area contributed by atoms with Crippen LogP contribution >= 0.6 is 11.6 Å². The van der Waals surface area contributed by atoms with Gasteiger partial charge >= 0.3 is 5.69 Å². The molecule has 3 heterocycles. The molecule has 0 saturated carbocycles. The summed E-state index contributed by atoms with van der Waals surface area (Å²) in [6, 6.07) is 5.45. The normalized spacial score (nSPS) is 13.7. The molecule has 0 spiro atoms. The molecule has 9 nitrogen and oxygen atoms in total. The Hall–Kier alpha value is -3.69. The maximum atomic E-state index is 13.9. The minimum absolute atomic E-state index is 0.0825. The average Bonchev–Trinajstić information content (AvgIpc) is 2.80. The van der Waals surface area contributed by atoms with Crippen molar-refractivity contribution in [1.29, 1.82) is 5.26 Å². The molecule has 182 valence electrons. The monoisotopic (exact) mass is 506 g/mol. The number of nitriles is 1. The van der Waals surface area contributed by atoms with E-state index in [-0.39, 0.29) is 28.1 Å². The number of anilines is 1. The molecule has 1 fully saturated rings. The molecular formula is C22H18ClF3N6O3. The van der Waals surface area contributed by atoms with Crippen molar-refractivity contribution in [1.82, 2.24) is 19.1 Å². The van der Waals surface area contributed by atoms with Gasteiger partial charge in [0.05, 0.1) is 35.2 Å². The first-order valence-electron chi connectivity index (χ1n) is 10.5. The van der Waals surface area contributed by atoms with Crippen LogP contribution in [0.25, 0.3) is 16.9 Å². The maximum Gasteiger partial charge on any atom is 0.339 e. The molecule has 0 atom stereocenters. The second-order valence-corrected chi connectivity index (χ2v) is 7.99. The zero-order valence-corrected chi connectivity index (χ0v) is 19.0. The lowest BCUT2D eigenvalue weighted by Crippen LogP contribution is -2.55. The number of hydrogen-bond donors (Lipinski definition) is 0. The Kier molecular flexibility index (Phi) is 6.90. The van der Waals surface area contributed by atoms with E-state index < -0.39 is 41.5 Å². The van der Waals surface area contributed by atoms with Gasteiger partial charge in [0.15, 0.2) is 5.82 Å². The van der Waals surface area contributed by atoms with E-state index in [2.05, 4.69) is 9.97 Å². The van der Waals surface area contributed by atoms with E-state index in [4.69, 9.17) is 16.3 Å². The number of benzene rings is 1. The van der Waals surface area contributed by atoms with Crippen LogP contribution < -0.4 is 16.1 Å². The van der Waals surface area contributed by atoms with E-state index in [0.29, 0.717) is 24.3 Å². The Labute approximate surface area is 201 Å². The SMILES string of the molecule is CCOC1CN(c2c(-c3ccc(F)c(Cl)c3)c(=O)n(-c3cncc(C(F)F)n3)c(=O)n2CC#N)C1. The summed E-state index contributed by atoms with van der Waals surface area (Å²) in [5.41, 5.74) is -2.54. The van der Waals surface area contributed by atoms with Gasteiger partial charge in [-0.3, -0.25) is 14.3 Å². The number of nitrogens with zero attached hydrogens (tertiary/aromatic N) is 6. The summed E-state index contributed by atoms with van der Waals surface area (Å²) in [7, 11) is 0. The van der Waals surface area contributed by atoms with Crippen molar-refractivity contribution in [2.45, 2.75) is 26.0 Å². The smallest absolute Gasteiger partial charge is 0.339 e. The van der Waals surface area contributed by atoms with Gasteiger partial charge in [0.1, 0.15) is 23.9 Å². The summed E-state index contributed by atoms with van der Waals surface area (Å²) < 4.78 is 47.5. The molecule has 2 aromatic heterocycles. The van der Waals surface area contributed by atoms with Crippen LogP contribution in [0.1, 0.15) is 19.0 Å². The third kappa shape index (κ3) is 4.52.